The molecule has 1 N–H and O–H groups in total. The second-order valence-electron chi connectivity index (χ2n) is 6.35. The fourth-order valence-corrected chi connectivity index (χ4v) is 4.14. The lowest BCUT2D eigenvalue weighted by molar-refractivity contribution is 0.103. The molecule has 0 radical (unpaired) electrons. The zero-order valence-corrected chi connectivity index (χ0v) is 18.2. The highest BCUT2D eigenvalue weighted by molar-refractivity contribution is 7.12. The molecular weight excluding hydrogens is 472 g/mol. The van der Waals surface area contributed by atoms with Gasteiger partial charge in [-0.1, -0.05) is 40.9 Å². The van der Waals surface area contributed by atoms with Gasteiger partial charge < -0.3 is 5.32 Å². The second-order valence-corrected chi connectivity index (χ2v) is 8.51. The summed E-state index contributed by atoms with van der Waals surface area (Å²) in [6.07, 6.45) is 4.75. The van der Waals surface area contributed by atoms with Crippen LogP contribution in [-0.4, -0.2) is 25.5 Å². The van der Waals surface area contributed by atoms with Crippen LogP contribution in [0, 0.1) is 5.82 Å². The van der Waals surface area contributed by atoms with E-state index >= 15 is 0 Å². The van der Waals surface area contributed by atoms with Crippen LogP contribution in [0.3, 0.4) is 0 Å². The van der Waals surface area contributed by atoms with E-state index < -0.39 is 5.82 Å². The Kier molecular flexibility index (Phi) is 6.10. The summed E-state index contributed by atoms with van der Waals surface area (Å²) in [5.74, 6) is -0.604. The lowest BCUT2D eigenvalue weighted by atomic mass is 10.2. The van der Waals surface area contributed by atoms with Crippen molar-refractivity contribution < 1.29 is 9.18 Å². The van der Waals surface area contributed by atoms with Crippen molar-refractivity contribution in [3.05, 3.63) is 85.1 Å². The molecule has 0 atom stereocenters. The van der Waals surface area contributed by atoms with Crippen LogP contribution in [-0.2, 0) is 13.1 Å². The van der Waals surface area contributed by atoms with Gasteiger partial charge in [-0.05, 0) is 29.1 Å². The zero-order chi connectivity index (χ0) is 21.3. The van der Waals surface area contributed by atoms with Gasteiger partial charge in [0.15, 0.2) is 5.82 Å². The SMILES string of the molecule is O=C(Nc1nn(Cc2c(F)cccc2Cl)cc1Cl)c1cc(Cn2cc(Cl)cn2)cs1. The van der Waals surface area contributed by atoms with Crippen LogP contribution in [0.1, 0.15) is 20.8 Å². The highest BCUT2D eigenvalue weighted by Gasteiger charge is 2.16. The molecule has 0 saturated heterocycles. The molecule has 0 bridgehead atoms. The lowest BCUT2D eigenvalue weighted by Gasteiger charge is -2.05. The van der Waals surface area contributed by atoms with Crippen LogP contribution in [0.25, 0.3) is 0 Å². The van der Waals surface area contributed by atoms with Crippen molar-refractivity contribution in [3.8, 4) is 0 Å². The zero-order valence-electron chi connectivity index (χ0n) is 15.2. The molecule has 11 heteroatoms. The summed E-state index contributed by atoms with van der Waals surface area (Å²) in [4.78, 5) is 13.1. The Labute approximate surface area is 189 Å². The van der Waals surface area contributed by atoms with E-state index in [2.05, 4.69) is 15.5 Å². The molecule has 0 aliphatic rings. The fraction of sp³-hybridized carbons (Fsp3) is 0.105. The van der Waals surface area contributed by atoms with E-state index in [9.17, 15) is 9.18 Å². The Morgan fingerprint density at radius 3 is 2.70 bits per heavy atom. The number of nitrogens with one attached hydrogen (secondary N) is 1. The van der Waals surface area contributed by atoms with Gasteiger partial charge in [0.05, 0.1) is 29.2 Å². The minimum Gasteiger partial charge on any atom is -0.303 e. The minimum absolute atomic E-state index is 0.0800. The average molecular weight is 485 g/mol. The lowest BCUT2D eigenvalue weighted by Crippen LogP contribution is -2.12. The molecule has 30 heavy (non-hydrogen) atoms. The molecule has 3 aromatic heterocycles. The number of carbonyl (C=O) groups excluding carboxylic acids is 1. The van der Waals surface area contributed by atoms with Gasteiger partial charge in [-0.3, -0.25) is 14.2 Å². The molecule has 4 aromatic rings. The van der Waals surface area contributed by atoms with Crippen molar-refractivity contribution in [2.24, 2.45) is 0 Å². The van der Waals surface area contributed by atoms with Gasteiger partial charge in [0.1, 0.15) is 10.8 Å². The number of thiophene rings is 1. The van der Waals surface area contributed by atoms with Gasteiger partial charge in [0, 0.05) is 23.0 Å². The topological polar surface area (TPSA) is 64.7 Å². The van der Waals surface area contributed by atoms with E-state index in [1.54, 1.807) is 29.2 Å². The Morgan fingerprint density at radius 2 is 1.97 bits per heavy atom. The normalized spacial score (nSPS) is 11.1. The molecule has 0 fully saturated rings. The predicted octanol–water partition coefficient (Wildman–Crippen LogP) is 5.59. The van der Waals surface area contributed by atoms with Crippen molar-refractivity contribution >= 4 is 57.9 Å². The maximum absolute atomic E-state index is 14.0. The minimum atomic E-state index is -0.440. The maximum Gasteiger partial charge on any atom is 0.266 e. The number of amides is 1. The molecule has 0 aliphatic carbocycles. The summed E-state index contributed by atoms with van der Waals surface area (Å²) in [5.41, 5.74) is 1.20. The summed E-state index contributed by atoms with van der Waals surface area (Å²) < 4.78 is 17.1. The quantitative estimate of drug-likeness (QED) is 0.388. The van der Waals surface area contributed by atoms with E-state index in [-0.39, 0.29) is 33.9 Å². The Hall–Kier alpha value is -2.39. The molecule has 0 aliphatic heterocycles. The average Bonchev–Trinajstić information content (AvgIpc) is 3.40. The van der Waals surface area contributed by atoms with Crippen LogP contribution in [0.4, 0.5) is 10.2 Å². The van der Waals surface area contributed by atoms with Crippen molar-refractivity contribution in [2.75, 3.05) is 5.32 Å². The van der Waals surface area contributed by atoms with Crippen LogP contribution in [0.15, 0.2) is 48.2 Å². The number of halogens is 4. The fourth-order valence-electron chi connectivity index (χ4n) is 2.77. The van der Waals surface area contributed by atoms with E-state index in [0.717, 1.165) is 5.56 Å². The highest BCUT2D eigenvalue weighted by Crippen LogP contribution is 2.25. The summed E-state index contributed by atoms with van der Waals surface area (Å²) in [5, 5.41) is 14.0. The summed E-state index contributed by atoms with van der Waals surface area (Å²) in [6, 6.07) is 6.21. The largest absolute Gasteiger partial charge is 0.303 e. The molecule has 4 rings (SSSR count). The number of carbonyl (C=O) groups is 1. The number of anilines is 1. The second kappa shape index (κ2) is 8.77. The van der Waals surface area contributed by atoms with Crippen LogP contribution in [0.5, 0.6) is 0 Å². The smallest absolute Gasteiger partial charge is 0.266 e. The first-order valence-electron chi connectivity index (χ1n) is 8.61. The van der Waals surface area contributed by atoms with Crippen LogP contribution in [0.2, 0.25) is 15.1 Å². The number of aromatic nitrogens is 4. The standard InChI is InChI=1S/C19H13Cl3FN5OS/c20-12-5-24-27(7-12)6-11-4-17(30-10-11)19(29)25-18-15(22)9-28(26-18)8-13-14(21)2-1-3-16(13)23/h1-5,7,9-10H,6,8H2,(H,25,26,29). The van der Waals surface area contributed by atoms with Crippen molar-refractivity contribution in [2.45, 2.75) is 13.1 Å². The van der Waals surface area contributed by atoms with Gasteiger partial charge in [-0.25, -0.2) is 4.39 Å². The van der Waals surface area contributed by atoms with E-state index in [4.69, 9.17) is 34.8 Å². The first-order chi connectivity index (χ1) is 14.4. The van der Waals surface area contributed by atoms with Gasteiger partial charge in [0.2, 0.25) is 0 Å². The highest BCUT2D eigenvalue weighted by atomic mass is 35.5. The molecule has 0 saturated carbocycles. The number of nitrogens with zero attached hydrogens (tertiary/aromatic N) is 4. The molecular formula is C19H13Cl3FN5OS. The number of rotatable bonds is 6. The first-order valence-corrected chi connectivity index (χ1v) is 10.6. The third kappa shape index (κ3) is 4.67. The number of benzene rings is 1. The third-order valence-electron chi connectivity index (χ3n) is 4.15. The molecule has 1 amide bonds. The summed E-state index contributed by atoms with van der Waals surface area (Å²) >= 11 is 19.4. The van der Waals surface area contributed by atoms with Gasteiger partial charge >= 0.3 is 0 Å². The number of hydrogen-bond donors (Lipinski definition) is 1. The first kappa shape index (κ1) is 20.9. The third-order valence-corrected chi connectivity index (χ3v) is 5.96. The Morgan fingerprint density at radius 1 is 1.13 bits per heavy atom. The van der Waals surface area contributed by atoms with E-state index in [1.807, 2.05) is 5.38 Å². The van der Waals surface area contributed by atoms with Gasteiger partial charge in [0.25, 0.3) is 5.91 Å². The van der Waals surface area contributed by atoms with Crippen LogP contribution >= 0.6 is 46.1 Å². The Balaban J connectivity index is 1.45. The molecule has 3 heterocycles. The van der Waals surface area contributed by atoms with Gasteiger partial charge in [-0.2, -0.15) is 10.2 Å². The predicted molar refractivity (Wildman–Crippen MR) is 116 cm³/mol. The molecule has 6 nitrogen and oxygen atoms in total. The molecule has 1 aromatic carbocycles. The number of hydrogen-bond acceptors (Lipinski definition) is 4. The maximum atomic E-state index is 14.0. The van der Waals surface area contributed by atoms with Crippen LogP contribution < -0.4 is 5.32 Å². The molecule has 154 valence electrons. The Bertz CT molecular complexity index is 1200. The van der Waals surface area contributed by atoms with E-state index in [1.165, 1.54) is 34.3 Å². The molecule has 0 spiro atoms. The molecule has 0 unspecified atom stereocenters. The van der Waals surface area contributed by atoms with Crippen molar-refractivity contribution in [3.63, 3.8) is 0 Å². The summed E-state index contributed by atoms with van der Waals surface area (Å²) in [6.45, 7) is 0.575. The van der Waals surface area contributed by atoms with E-state index in [0.29, 0.717) is 16.4 Å². The van der Waals surface area contributed by atoms with Crippen molar-refractivity contribution in [1.82, 2.24) is 19.6 Å². The van der Waals surface area contributed by atoms with Gasteiger partial charge in [-0.15, -0.1) is 11.3 Å². The van der Waals surface area contributed by atoms with Crippen molar-refractivity contribution in [1.29, 1.82) is 0 Å². The summed E-state index contributed by atoms with van der Waals surface area (Å²) in [7, 11) is 0. The monoisotopic (exact) mass is 483 g/mol.